The summed E-state index contributed by atoms with van der Waals surface area (Å²) in [7, 11) is 0. The lowest BCUT2D eigenvalue weighted by Gasteiger charge is -2.31. The van der Waals surface area contributed by atoms with E-state index in [1.165, 1.54) is 0 Å². The van der Waals surface area contributed by atoms with E-state index >= 15 is 0 Å². The lowest BCUT2D eigenvalue weighted by atomic mass is 9.92. The van der Waals surface area contributed by atoms with Crippen molar-refractivity contribution in [2.24, 2.45) is 0 Å². The van der Waals surface area contributed by atoms with Crippen LogP contribution in [-0.4, -0.2) is 23.4 Å². The van der Waals surface area contributed by atoms with E-state index in [9.17, 15) is 5.11 Å². The van der Waals surface area contributed by atoms with Gasteiger partial charge in [0.05, 0.1) is 11.7 Å². The topological polar surface area (TPSA) is 29.5 Å². The van der Waals surface area contributed by atoms with Crippen LogP contribution in [-0.2, 0) is 4.74 Å². The molecule has 0 spiro atoms. The van der Waals surface area contributed by atoms with Crippen LogP contribution in [0.5, 0.6) is 0 Å². The number of aliphatic hydroxyl groups is 1. The third kappa shape index (κ3) is 2.80. The number of rotatable bonds is 5. The fraction of sp³-hybridized carbons (Fsp3) is 1.00. The Bertz CT molecular complexity index is 97.7. The Balaban J connectivity index is 4.00. The van der Waals surface area contributed by atoms with Crippen molar-refractivity contribution >= 4 is 0 Å². The highest BCUT2D eigenvalue weighted by molar-refractivity contribution is 4.81. The Morgan fingerprint density at radius 3 is 2.00 bits per heavy atom. The van der Waals surface area contributed by atoms with Crippen molar-refractivity contribution in [2.45, 2.75) is 52.2 Å². The van der Waals surface area contributed by atoms with Crippen LogP contribution in [0, 0.1) is 0 Å². The molecule has 0 aromatic heterocycles. The van der Waals surface area contributed by atoms with Gasteiger partial charge in [0, 0.05) is 6.61 Å². The van der Waals surface area contributed by atoms with Crippen LogP contribution in [0.2, 0.25) is 0 Å². The van der Waals surface area contributed by atoms with E-state index in [1.807, 2.05) is 27.7 Å². The van der Waals surface area contributed by atoms with Crippen LogP contribution in [0.15, 0.2) is 0 Å². The molecular weight excluding hydrogens is 140 g/mol. The van der Waals surface area contributed by atoms with E-state index in [4.69, 9.17) is 4.74 Å². The van der Waals surface area contributed by atoms with Gasteiger partial charge in [-0.15, -0.1) is 0 Å². The molecule has 0 amide bonds. The first-order valence-corrected chi connectivity index (χ1v) is 4.44. The van der Waals surface area contributed by atoms with Gasteiger partial charge in [0.1, 0.15) is 0 Å². The number of hydrogen-bond acceptors (Lipinski definition) is 2. The van der Waals surface area contributed by atoms with Crippen molar-refractivity contribution in [3.63, 3.8) is 0 Å². The normalized spacial score (nSPS) is 15.0. The van der Waals surface area contributed by atoms with E-state index in [1.54, 1.807) is 0 Å². The van der Waals surface area contributed by atoms with Crippen molar-refractivity contribution in [1.29, 1.82) is 0 Å². The van der Waals surface area contributed by atoms with Gasteiger partial charge in [0.2, 0.25) is 0 Å². The molecule has 1 atom stereocenters. The maximum absolute atomic E-state index is 9.90. The van der Waals surface area contributed by atoms with E-state index in [-0.39, 0.29) is 6.10 Å². The van der Waals surface area contributed by atoms with Gasteiger partial charge in [-0.2, -0.15) is 0 Å². The van der Waals surface area contributed by atoms with Crippen LogP contribution in [0.25, 0.3) is 0 Å². The third-order valence-electron chi connectivity index (χ3n) is 2.40. The average Bonchev–Trinajstić information content (AvgIpc) is 2.03. The average molecular weight is 160 g/mol. The summed E-state index contributed by atoms with van der Waals surface area (Å²) in [6.45, 7) is 8.51. The van der Waals surface area contributed by atoms with Gasteiger partial charge >= 0.3 is 0 Å². The second-order valence-corrected chi connectivity index (χ2v) is 2.91. The molecule has 0 aromatic carbocycles. The molecule has 2 heteroatoms. The van der Waals surface area contributed by atoms with Gasteiger partial charge in [-0.1, -0.05) is 13.8 Å². The minimum atomic E-state index is -0.629. The molecule has 0 saturated heterocycles. The van der Waals surface area contributed by atoms with Crippen molar-refractivity contribution in [3.8, 4) is 0 Å². The van der Waals surface area contributed by atoms with Crippen LogP contribution < -0.4 is 0 Å². The van der Waals surface area contributed by atoms with Gasteiger partial charge in [0.25, 0.3) is 0 Å². The maximum atomic E-state index is 9.90. The molecule has 1 N–H and O–H groups in total. The van der Waals surface area contributed by atoms with E-state index in [2.05, 4.69) is 0 Å². The molecule has 0 heterocycles. The lowest BCUT2D eigenvalue weighted by molar-refractivity contribution is -0.101. The second-order valence-electron chi connectivity index (χ2n) is 2.91. The molecule has 0 fully saturated rings. The van der Waals surface area contributed by atoms with Crippen LogP contribution in [0.1, 0.15) is 40.5 Å². The molecule has 0 aliphatic rings. The molecule has 0 rings (SSSR count). The summed E-state index contributed by atoms with van der Waals surface area (Å²) >= 11 is 0. The van der Waals surface area contributed by atoms with E-state index < -0.39 is 5.60 Å². The van der Waals surface area contributed by atoms with Crippen LogP contribution in [0.4, 0.5) is 0 Å². The maximum Gasteiger partial charge on any atom is 0.0900 e. The lowest BCUT2D eigenvalue weighted by Crippen LogP contribution is -2.40. The summed E-state index contributed by atoms with van der Waals surface area (Å²) in [6.07, 6.45) is 1.46. The van der Waals surface area contributed by atoms with Crippen LogP contribution in [0.3, 0.4) is 0 Å². The minimum Gasteiger partial charge on any atom is -0.387 e. The highest BCUT2D eigenvalue weighted by Crippen LogP contribution is 2.21. The number of ether oxygens (including phenoxy) is 1. The molecule has 0 radical (unpaired) electrons. The monoisotopic (exact) mass is 160 g/mol. The predicted octanol–water partition coefficient (Wildman–Crippen LogP) is 1.96. The van der Waals surface area contributed by atoms with Gasteiger partial charge in [-0.3, -0.25) is 0 Å². The predicted molar refractivity (Wildman–Crippen MR) is 46.6 cm³/mol. The van der Waals surface area contributed by atoms with E-state index in [0.717, 1.165) is 12.8 Å². The summed E-state index contributed by atoms with van der Waals surface area (Å²) in [5, 5.41) is 9.90. The summed E-state index contributed by atoms with van der Waals surface area (Å²) in [5.41, 5.74) is -0.629. The van der Waals surface area contributed by atoms with Gasteiger partial charge in [-0.05, 0) is 26.7 Å². The Kier molecular flexibility index (Phi) is 4.69. The Hall–Kier alpha value is -0.0800. The highest BCUT2D eigenvalue weighted by atomic mass is 16.5. The molecule has 0 bridgehead atoms. The van der Waals surface area contributed by atoms with Crippen molar-refractivity contribution in [3.05, 3.63) is 0 Å². The molecule has 0 aromatic rings. The van der Waals surface area contributed by atoms with Crippen molar-refractivity contribution < 1.29 is 9.84 Å². The minimum absolute atomic E-state index is 0.0532. The Labute approximate surface area is 69.6 Å². The van der Waals surface area contributed by atoms with Gasteiger partial charge in [-0.25, -0.2) is 0 Å². The Morgan fingerprint density at radius 2 is 1.73 bits per heavy atom. The van der Waals surface area contributed by atoms with E-state index in [0.29, 0.717) is 6.61 Å². The largest absolute Gasteiger partial charge is 0.387 e. The fourth-order valence-corrected chi connectivity index (χ4v) is 1.23. The molecule has 0 saturated carbocycles. The smallest absolute Gasteiger partial charge is 0.0900 e. The first-order chi connectivity index (χ1) is 5.10. The molecule has 1 unspecified atom stereocenters. The second kappa shape index (κ2) is 4.73. The third-order valence-corrected chi connectivity index (χ3v) is 2.40. The van der Waals surface area contributed by atoms with Crippen molar-refractivity contribution in [2.75, 3.05) is 6.61 Å². The standard InChI is InChI=1S/C9H20O2/c1-5-9(10,6-2)8(4)11-7-3/h8,10H,5-7H2,1-4H3. The van der Waals surface area contributed by atoms with Gasteiger partial charge in [0.15, 0.2) is 0 Å². The molecule has 2 nitrogen and oxygen atoms in total. The molecule has 0 aliphatic carbocycles. The highest BCUT2D eigenvalue weighted by Gasteiger charge is 2.29. The molecule has 11 heavy (non-hydrogen) atoms. The summed E-state index contributed by atoms with van der Waals surface area (Å²) in [4.78, 5) is 0. The molecule has 68 valence electrons. The molecule has 0 aliphatic heterocycles. The quantitative estimate of drug-likeness (QED) is 0.666. The fourth-order valence-electron chi connectivity index (χ4n) is 1.23. The summed E-state index contributed by atoms with van der Waals surface area (Å²) < 4.78 is 5.34. The number of hydrogen-bond donors (Lipinski definition) is 1. The summed E-state index contributed by atoms with van der Waals surface area (Å²) in [5.74, 6) is 0. The molecular formula is C9H20O2. The van der Waals surface area contributed by atoms with Crippen LogP contribution >= 0.6 is 0 Å². The van der Waals surface area contributed by atoms with Crippen molar-refractivity contribution in [1.82, 2.24) is 0 Å². The van der Waals surface area contributed by atoms with Gasteiger partial charge < -0.3 is 9.84 Å². The zero-order chi connectivity index (χ0) is 8.91. The Morgan fingerprint density at radius 1 is 1.27 bits per heavy atom. The summed E-state index contributed by atoms with van der Waals surface area (Å²) in [6, 6.07) is 0. The zero-order valence-corrected chi connectivity index (χ0v) is 8.05. The first-order valence-electron chi connectivity index (χ1n) is 4.44. The SMILES string of the molecule is CCOC(C)C(O)(CC)CC. The first kappa shape index (κ1) is 10.9. The zero-order valence-electron chi connectivity index (χ0n) is 8.05.